The van der Waals surface area contributed by atoms with Crippen LogP contribution in [0.3, 0.4) is 0 Å². The number of rotatable bonds is 6. The second kappa shape index (κ2) is 8.95. The fraction of sp³-hybridized carbons (Fsp3) is 0.391. The molecule has 2 N–H and O–H groups in total. The third-order valence-corrected chi connectivity index (χ3v) is 7.13. The number of carbonyl (C=O) groups is 1. The van der Waals surface area contributed by atoms with E-state index >= 15 is 0 Å². The summed E-state index contributed by atoms with van der Waals surface area (Å²) in [6, 6.07) is 6.06. The first-order valence-corrected chi connectivity index (χ1v) is 11.8. The molecule has 1 amide bonds. The van der Waals surface area contributed by atoms with Gasteiger partial charge >= 0.3 is 6.09 Å². The van der Waals surface area contributed by atoms with Crippen molar-refractivity contribution in [2.75, 3.05) is 39.5 Å². The Morgan fingerprint density at radius 1 is 1.27 bits per heavy atom. The van der Waals surface area contributed by atoms with Crippen LogP contribution in [0.1, 0.15) is 16.9 Å². The van der Waals surface area contributed by atoms with E-state index in [1.807, 2.05) is 43.4 Å². The highest BCUT2D eigenvalue weighted by molar-refractivity contribution is 7.19. The van der Waals surface area contributed by atoms with Crippen LogP contribution in [-0.2, 0) is 17.6 Å². The topological polar surface area (TPSA) is 99.3 Å². The predicted octanol–water partition coefficient (Wildman–Crippen LogP) is 3.80. The number of aryl methyl sites for hydroxylation is 1. The summed E-state index contributed by atoms with van der Waals surface area (Å²) >= 11 is 1.66. The normalized spacial score (nSPS) is 15.7. The van der Waals surface area contributed by atoms with E-state index in [4.69, 9.17) is 4.74 Å². The number of likely N-dealkylation sites (N-methyl/N-ethyl adjacent to an activating group) is 2. The molecule has 10 heteroatoms. The summed E-state index contributed by atoms with van der Waals surface area (Å²) in [5.41, 5.74) is 3.21. The molecule has 0 saturated heterocycles. The summed E-state index contributed by atoms with van der Waals surface area (Å²) in [6.45, 7) is 1.45. The van der Waals surface area contributed by atoms with Crippen molar-refractivity contribution in [2.24, 2.45) is 0 Å². The highest BCUT2D eigenvalue weighted by atomic mass is 32.1. The van der Waals surface area contributed by atoms with Crippen molar-refractivity contribution in [3.63, 3.8) is 0 Å². The van der Waals surface area contributed by atoms with Gasteiger partial charge in [0, 0.05) is 42.5 Å². The summed E-state index contributed by atoms with van der Waals surface area (Å²) in [6.07, 6.45) is 5.36. The van der Waals surface area contributed by atoms with Gasteiger partial charge in [0.15, 0.2) is 0 Å². The predicted molar refractivity (Wildman–Crippen MR) is 130 cm³/mol. The van der Waals surface area contributed by atoms with Gasteiger partial charge in [-0.2, -0.15) is 5.10 Å². The number of nitrogens with one attached hydrogen (secondary N) is 2. The Bertz CT molecular complexity index is 1300. The van der Waals surface area contributed by atoms with Crippen LogP contribution in [0.15, 0.2) is 30.7 Å². The van der Waals surface area contributed by atoms with Crippen LogP contribution in [0.5, 0.6) is 0 Å². The largest absolute Gasteiger partial charge is 0.446 e. The van der Waals surface area contributed by atoms with Crippen LogP contribution in [0.2, 0.25) is 0 Å². The number of hydrogen-bond donors (Lipinski definition) is 2. The van der Waals surface area contributed by atoms with Crippen molar-refractivity contribution >= 4 is 50.1 Å². The molecule has 3 heterocycles. The van der Waals surface area contributed by atoms with Crippen molar-refractivity contribution in [1.82, 2.24) is 30.0 Å². The molecule has 3 aromatic heterocycles. The van der Waals surface area contributed by atoms with Gasteiger partial charge in [0.1, 0.15) is 23.1 Å². The zero-order valence-electron chi connectivity index (χ0n) is 19.0. The molecule has 5 rings (SSSR count). The summed E-state index contributed by atoms with van der Waals surface area (Å²) in [4.78, 5) is 27.4. The Hall–Kier alpha value is -3.24. The van der Waals surface area contributed by atoms with Crippen molar-refractivity contribution < 1.29 is 9.53 Å². The van der Waals surface area contributed by atoms with Crippen LogP contribution < -0.4 is 5.32 Å². The number of nitrogens with zero attached hydrogens (tertiary/aromatic N) is 5. The molecule has 1 aliphatic carbocycles. The third-order valence-electron chi connectivity index (χ3n) is 5.96. The van der Waals surface area contributed by atoms with Crippen LogP contribution in [-0.4, -0.2) is 76.4 Å². The molecule has 0 saturated carbocycles. The molecule has 0 aliphatic heterocycles. The summed E-state index contributed by atoms with van der Waals surface area (Å²) in [5.74, 6) is 0.805. The Kier molecular flexibility index (Phi) is 5.86. The van der Waals surface area contributed by atoms with Crippen molar-refractivity contribution in [3.05, 3.63) is 41.2 Å². The van der Waals surface area contributed by atoms with Gasteiger partial charge in [-0.05, 0) is 50.7 Å². The van der Waals surface area contributed by atoms with E-state index in [9.17, 15) is 4.79 Å². The standard InChI is InChI=1S/C23H27N7O2S/c1-29(2)8-9-30(3)23(31)32-16-5-6-17-19(11-16)33-22-20(17)21(24-13-25-22)27-15-4-7-18-14(10-15)12-26-28-18/h4,7,10,12-13,16H,5-6,8-9,11H2,1-3H3,(H,26,28)(H,24,25,27). The van der Waals surface area contributed by atoms with E-state index < -0.39 is 0 Å². The number of hydrogen-bond acceptors (Lipinski definition) is 8. The van der Waals surface area contributed by atoms with E-state index in [1.54, 1.807) is 29.6 Å². The molecule has 0 radical (unpaired) electrons. The number of fused-ring (bicyclic) bond motifs is 4. The zero-order valence-corrected chi connectivity index (χ0v) is 19.8. The number of anilines is 2. The SMILES string of the molecule is CN(C)CCN(C)C(=O)OC1CCc2c(sc3ncnc(Nc4ccc5[nH]ncc5c4)c23)C1. The minimum atomic E-state index is -0.261. The number of benzene rings is 1. The van der Waals surface area contributed by atoms with Crippen LogP contribution in [0.4, 0.5) is 16.3 Å². The number of ether oxygens (including phenoxy) is 1. The number of thiophene rings is 1. The molecule has 1 aromatic carbocycles. The van der Waals surface area contributed by atoms with E-state index in [-0.39, 0.29) is 12.2 Å². The Morgan fingerprint density at radius 2 is 2.15 bits per heavy atom. The van der Waals surface area contributed by atoms with Crippen LogP contribution in [0, 0.1) is 0 Å². The summed E-state index contributed by atoms with van der Waals surface area (Å²) in [7, 11) is 5.77. The summed E-state index contributed by atoms with van der Waals surface area (Å²) < 4.78 is 5.81. The quantitative estimate of drug-likeness (QED) is 0.447. The molecule has 172 valence electrons. The van der Waals surface area contributed by atoms with Crippen LogP contribution >= 0.6 is 11.3 Å². The van der Waals surface area contributed by atoms with Crippen molar-refractivity contribution in [3.8, 4) is 0 Å². The fourth-order valence-corrected chi connectivity index (χ4v) is 5.36. The number of aromatic amines is 1. The lowest BCUT2D eigenvalue weighted by molar-refractivity contribution is 0.0620. The second-order valence-corrected chi connectivity index (χ2v) is 9.76. The van der Waals surface area contributed by atoms with Gasteiger partial charge in [0.05, 0.1) is 17.1 Å². The first-order valence-electron chi connectivity index (χ1n) is 11.0. The highest BCUT2D eigenvalue weighted by Crippen LogP contribution is 2.39. The molecule has 1 unspecified atom stereocenters. The average Bonchev–Trinajstić information content (AvgIpc) is 3.41. The van der Waals surface area contributed by atoms with Gasteiger partial charge in [0.2, 0.25) is 0 Å². The molecule has 9 nitrogen and oxygen atoms in total. The molecule has 0 fully saturated rings. The van der Waals surface area contributed by atoms with E-state index in [0.29, 0.717) is 13.0 Å². The maximum atomic E-state index is 12.5. The molecule has 4 aromatic rings. The summed E-state index contributed by atoms with van der Waals surface area (Å²) in [5, 5.41) is 12.6. The zero-order chi connectivity index (χ0) is 22.9. The minimum Gasteiger partial charge on any atom is -0.446 e. The monoisotopic (exact) mass is 465 g/mol. The molecule has 0 spiro atoms. The Labute approximate surface area is 195 Å². The van der Waals surface area contributed by atoms with E-state index in [1.165, 1.54) is 10.4 Å². The molecular weight excluding hydrogens is 438 g/mol. The van der Waals surface area contributed by atoms with Crippen molar-refractivity contribution in [2.45, 2.75) is 25.4 Å². The first-order chi connectivity index (χ1) is 16.0. The van der Waals surface area contributed by atoms with Gasteiger partial charge in [-0.1, -0.05) is 0 Å². The molecular formula is C23H27N7O2S. The Balaban J connectivity index is 1.33. The number of amides is 1. The van der Waals surface area contributed by atoms with Crippen molar-refractivity contribution in [1.29, 1.82) is 0 Å². The van der Waals surface area contributed by atoms with Crippen LogP contribution in [0.25, 0.3) is 21.1 Å². The Morgan fingerprint density at radius 3 is 3.00 bits per heavy atom. The molecule has 1 aliphatic rings. The third kappa shape index (κ3) is 4.49. The maximum absolute atomic E-state index is 12.5. The molecule has 1 atom stereocenters. The lowest BCUT2D eigenvalue weighted by Crippen LogP contribution is -2.37. The number of aromatic nitrogens is 4. The maximum Gasteiger partial charge on any atom is 0.409 e. The lowest BCUT2D eigenvalue weighted by atomic mass is 9.94. The van der Waals surface area contributed by atoms with E-state index in [2.05, 4.69) is 25.5 Å². The van der Waals surface area contributed by atoms with Gasteiger partial charge in [-0.15, -0.1) is 11.3 Å². The van der Waals surface area contributed by atoms with Gasteiger partial charge in [-0.3, -0.25) is 5.10 Å². The van der Waals surface area contributed by atoms with E-state index in [0.717, 1.165) is 52.0 Å². The highest BCUT2D eigenvalue weighted by Gasteiger charge is 2.28. The minimum absolute atomic E-state index is 0.118. The smallest absolute Gasteiger partial charge is 0.409 e. The second-order valence-electron chi connectivity index (χ2n) is 8.68. The fourth-order valence-electron chi connectivity index (χ4n) is 4.11. The average molecular weight is 466 g/mol. The first kappa shape index (κ1) is 21.6. The number of carbonyl (C=O) groups excluding carboxylic acids is 1. The number of H-pyrrole nitrogens is 1. The lowest BCUT2D eigenvalue weighted by Gasteiger charge is -2.26. The molecule has 0 bridgehead atoms. The molecule has 33 heavy (non-hydrogen) atoms. The van der Waals surface area contributed by atoms with Gasteiger partial charge < -0.3 is 19.9 Å². The van der Waals surface area contributed by atoms with Gasteiger partial charge in [0.25, 0.3) is 0 Å². The van der Waals surface area contributed by atoms with Gasteiger partial charge in [-0.25, -0.2) is 14.8 Å².